The Balaban J connectivity index is 1.78. The lowest BCUT2D eigenvalue weighted by atomic mass is 10.1. The molecule has 0 radical (unpaired) electrons. The van der Waals surface area contributed by atoms with Gasteiger partial charge in [-0.1, -0.05) is 0 Å². The maximum atomic E-state index is 8.85. The van der Waals surface area contributed by atoms with E-state index in [9.17, 15) is 0 Å². The molecule has 2 fully saturated rings. The summed E-state index contributed by atoms with van der Waals surface area (Å²) >= 11 is 0. The molecular formula is C12H23NO3. The lowest BCUT2D eigenvalue weighted by Gasteiger charge is -2.22. The Morgan fingerprint density at radius 1 is 1.44 bits per heavy atom. The van der Waals surface area contributed by atoms with Gasteiger partial charge in [0.1, 0.15) is 0 Å². The standard InChI is InChI=1S/C12H23NO3/c1-9(2)13-5-3-10(7-13)12-15-8-11(16-12)4-6-14/h9-12,14H,3-8H2,1-2H3. The minimum absolute atomic E-state index is 0.0414. The van der Waals surface area contributed by atoms with Crippen LogP contribution < -0.4 is 0 Å². The minimum atomic E-state index is -0.0414. The molecule has 16 heavy (non-hydrogen) atoms. The van der Waals surface area contributed by atoms with Crippen molar-refractivity contribution in [3.8, 4) is 0 Å². The number of rotatable bonds is 4. The molecule has 94 valence electrons. The average molecular weight is 229 g/mol. The fraction of sp³-hybridized carbons (Fsp3) is 1.00. The zero-order chi connectivity index (χ0) is 11.5. The van der Waals surface area contributed by atoms with E-state index in [4.69, 9.17) is 14.6 Å². The minimum Gasteiger partial charge on any atom is -0.396 e. The van der Waals surface area contributed by atoms with Gasteiger partial charge in [-0.2, -0.15) is 0 Å². The Hall–Kier alpha value is -0.160. The number of nitrogens with zero attached hydrogens (tertiary/aromatic N) is 1. The van der Waals surface area contributed by atoms with Crippen LogP contribution in [0, 0.1) is 5.92 Å². The second kappa shape index (κ2) is 5.45. The monoisotopic (exact) mass is 229 g/mol. The van der Waals surface area contributed by atoms with Gasteiger partial charge in [0.25, 0.3) is 0 Å². The topological polar surface area (TPSA) is 41.9 Å². The predicted octanol–water partition coefficient (Wildman–Crippen LogP) is 0.841. The highest BCUT2D eigenvalue weighted by molar-refractivity contribution is 4.82. The summed E-state index contributed by atoms with van der Waals surface area (Å²) in [5, 5.41) is 8.85. The molecule has 0 bridgehead atoms. The van der Waals surface area contributed by atoms with Crippen LogP contribution in [-0.2, 0) is 9.47 Å². The van der Waals surface area contributed by atoms with Crippen molar-refractivity contribution in [2.24, 2.45) is 5.92 Å². The van der Waals surface area contributed by atoms with Gasteiger partial charge in [-0.15, -0.1) is 0 Å². The van der Waals surface area contributed by atoms with Crippen molar-refractivity contribution in [1.82, 2.24) is 4.90 Å². The van der Waals surface area contributed by atoms with Gasteiger partial charge in [-0.05, 0) is 33.2 Å². The Kier molecular flexibility index (Phi) is 4.19. The van der Waals surface area contributed by atoms with Crippen LogP contribution in [0.1, 0.15) is 26.7 Å². The zero-order valence-corrected chi connectivity index (χ0v) is 10.3. The number of aliphatic hydroxyl groups excluding tert-OH is 1. The van der Waals surface area contributed by atoms with E-state index in [1.807, 2.05) is 0 Å². The normalized spacial score (nSPS) is 36.4. The van der Waals surface area contributed by atoms with Crippen LogP contribution in [0.25, 0.3) is 0 Å². The quantitative estimate of drug-likeness (QED) is 0.775. The van der Waals surface area contributed by atoms with Gasteiger partial charge in [0.15, 0.2) is 6.29 Å². The maximum Gasteiger partial charge on any atom is 0.162 e. The van der Waals surface area contributed by atoms with Crippen LogP contribution in [0.3, 0.4) is 0 Å². The van der Waals surface area contributed by atoms with Crippen molar-refractivity contribution in [2.75, 3.05) is 26.3 Å². The van der Waals surface area contributed by atoms with Gasteiger partial charge >= 0.3 is 0 Å². The predicted molar refractivity (Wildman–Crippen MR) is 61.1 cm³/mol. The lowest BCUT2D eigenvalue weighted by Crippen LogP contribution is -2.31. The molecule has 0 aliphatic carbocycles. The fourth-order valence-corrected chi connectivity index (χ4v) is 2.52. The van der Waals surface area contributed by atoms with Crippen molar-refractivity contribution < 1.29 is 14.6 Å². The molecule has 4 nitrogen and oxygen atoms in total. The third-order valence-corrected chi connectivity index (χ3v) is 3.60. The van der Waals surface area contributed by atoms with Gasteiger partial charge in [0.05, 0.1) is 12.7 Å². The SMILES string of the molecule is CC(C)N1CCC(C2OCC(CCO)O2)C1. The Labute approximate surface area is 97.5 Å². The second-order valence-corrected chi connectivity index (χ2v) is 5.11. The first kappa shape index (κ1) is 12.3. The average Bonchev–Trinajstić information content (AvgIpc) is 2.84. The molecule has 2 saturated heterocycles. The van der Waals surface area contributed by atoms with Crippen LogP contribution in [0.5, 0.6) is 0 Å². The first-order chi connectivity index (χ1) is 7.70. The molecule has 0 aromatic rings. The maximum absolute atomic E-state index is 8.85. The summed E-state index contributed by atoms with van der Waals surface area (Å²) in [5.74, 6) is 0.506. The van der Waals surface area contributed by atoms with Gasteiger partial charge in [0.2, 0.25) is 0 Å². The molecule has 1 N–H and O–H groups in total. The number of ether oxygens (including phenoxy) is 2. The van der Waals surface area contributed by atoms with Gasteiger partial charge in [-0.25, -0.2) is 0 Å². The van der Waals surface area contributed by atoms with Gasteiger partial charge in [0, 0.05) is 25.1 Å². The lowest BCUT2D eigenvalue weighted by molar-refractivity contribution is -0.0954. The molecule has 2 rings (SSSR count). The van der Waals surface area contributed by atoms with Gasteiger partial charge < -0.3 is 19.5 Å². The summed E-state index contributed by atoms with van der Waals surface area (Å²) < 4.78 is 11.5. The highest BCUT2D eigenvalue weighted by atomic mass is 16.7. The van der Waals surface area contributed by atoms with Crippen LogP contribution in [0.4, 0.5) is 0 Å². The molecule has 0 aromatic heterocycles. The molecule has 3 atom stereocenters. The smallest absolute Gasteiger partial charge is 0.162 e. The van der Waals surface area contributed by atoms with Crippen molar-refractivity contribution in [3.63, 3.8) is 0 Å². The van der Waals surface area contributed by atoms with Crippen LogP contribution in [0.15, 0.2) is 0 Å². The molecule has 0 spiro atoms. The van der Waals surface area contributed by atoms with Crippen LogP contribution in [0.2, 0.25) is 0 Å². The molecule has 3 unspecified atom stereocenters. The van der Waals surface area contributed by atoms with Crippen LogP contribution in [-0.4, -0.2) is 54.7 Å². The molecule has 4 heteroatoms. The van der Waals surface area contributed by atoms with E-state index in [2.05, 4.69) is 18.7 Å². The molecule has 0 saturated carbocycles. The summed E-state index contributed by atoms with van der Waals surface area (Å²) in [6.45, 7) is 7.51. The first-order valence-electron chi connectivity index (χ1n) is 6.32. The molecule has 0 amide bonds. The summed E-state index contributed by atoms with van der Waals surface area (Å²) in [5.41, 5.74) is 0. The largest absolute Gasteiger partial charge is 0.396 e. The summed E-state index contributed by atoms with van der Waals surface area (Å²) in [6.07, 6.45) is 1.91. The fourth-order valence-electron chi connectivity index (χ4n) is 2.52. The van der Waals surface area contributed by atoms with E-state index in [0.29, 0.717) is 25.0 Å². The van der Waals surface area contributed by atoms with E-state index >= 15 is 0 Å². The van der Waals surface area contributed by atoms with E-state index in [1.165, 1.54) is 0 Å². The van der Waals surface area contributed by atoms with E-state index in [1.54, 1.807) is 0 Å². The second-order valence-electron chi connectivity index (χ2n) is 5.11. The van der Waals surface area contributed by atoms with E-state index in [0.717, 1.165) is 19.5 Å². The highest BCUT2D eigenvalue weighted by Gasteiger charge is 2.36. The third kappa shape index (κ3) is 2.74. The van der Waals surface area contributed by atoms with Crippen molar-refractivity contribution >= 4 is 0 Å². The summed E-state index contributed by atoms with van der Waals surface area (Å²) in [4.78, 5) is 2.47. The number of hydrogen-bond donors (Lipinski definition) is 1. The zero-order valence-electron chi connectivity index (χ0n) is 10.3. The number of hydrogen-bond acceptors (Lipinski definition) is 4. The van der Waals surface area contributed by atoms with Crippen molar-refractivity contribution in [1.29, 1.82) is 0 Å². The first-order valence-corrected chi connectivity index (χ1v) is 6.32. The van der Waals surface area contributed by atoms with Crippen molar-refractivity contribution in [3.05, 3.63) is 0 Å². The summed E-state index contributed by atoms with van der Waals surface area (Å²) in [7, 11) is 0. The molecular weight excluding hydrogens is 206 g/mol. The Morgan fingerprint density at radius 2 is 2.25 bits per heavy atom. The van der Waals surface area contributed by atoms with E-state index in [-0.39, 0.29) is 19.0 Å². The number of likely N-dealkylation sites (tertiary alicyclic amines) is 1. The van der Waals surface area contributed by atoms with Crippen molar-refractivity contribution in [2.45, 2.75) is 45.1 Å². The molecule has 2 heterocycles. The Bertz CT molecular complexity index is 222. The van der Waals surface area contributed by atoms with Crippen LogP contribution >= 0.6 is 0 Å². The highest BCUT2D eigenvalue weighted by Crippen LogP contribution is 2.28. The van der Waals surface area contributed by atoms with E-state index < -0.39 is 0 Å². The molecule has 2 aliphatic rings. The van der Waals surface area contributed by atoms with Gasteiger partial charge in [-0.3, -0.25) is 0 Å². The third-order valence-electron chi connectivity index (χ3n) is 3.60. The summed E-state index contributed by atoms with van der Waals surface area (Å²) in [6, 6.07) is 0.611. The molecule has 2 aliphatic heterocycles. The molecule has 0 aromatic carbocycles. The Morgan fingerprint density at radius 3 is 2.88 bits per heavy atom. The number of aliphatic hydroxyl groups is 1.